The number of urea groups is 1. The molecule has 0 aromatic heterocycles. The number of piperidine rings is 1. The van der Waals surface area contributed by atoms with Crippen molar-refractivity contribution in [1.82, 2.24) is 4.90 Å². The molecule has 0 radical (unpaired) electrons. The maximum atomic E-state index is 12.6. The van der Waals surface area contributed by atoms with E-state index in [-0.39, 0.29) is 6.03 Å². The van der Waals surface area contributed by atoms with E-state index in [4.69, 9.17) is 0 Å². The summed E-state index contributed by atoms with van der Waals surface area (Å²) in [5.41, 5.74) is 5.79. The van der Waals surface area contributed by atoms with Crippen LogP contribution in [0.1, 0.15) is 30.4 Å². The van der Waals surface area contributed by atoms with Crippen LogP contribution in [-0.2, 0) is 0 Å². The summed E-state index contributed by atoms with van der Waals surface area (Å²) in [6.07, 6.45) is 3.96. The predicted molar refractivity (Wildman–Crippen MR) is 121 cm³/mol. The first-order valence-electron chi connectivity index (χ1n) is 10.8. The number of piperazine rings is 1. The molecule has 2 aromatic carbocycles. The molecule has 5 heteroatoms. The van der Waals surface area contributed by atoms with Crippen LogP contribution in [0.25, 0.3) is 0 Å². The largest absolute Gasteiger partial charge is 0.372 e. The van der Waals surface area contributed by atoms with E-state index < -0.39 is 0 Å². The highest BCUT2D eigenvalue weighted by molar-refractivity contribution is 5.89. The molecule has 29 heavy (non-hydrogen) atoms. The number of carbonyl (C=O) groups is 1. The molecule has 0 spiro atoms. The van der Waals surface area contributed by atoms with E-state index in [1.54, 1.807) is 0 Å². The van der Waals surface area contributed by atoms with Gasteiger partial charge in [0.1, 0.15) is 0 Å². The minimum Gasteiger partial charge on any atom is -0.372 e. The molecule has 0 atom stereocenters. The third-order valence-corrected chi connectivity index (χ3v) is 5.98. The van der Waals surface area contributed by atoms with Gasteiger partial charge in [-0.1, -0.05) is 6.07 Å². The van der Waals surface area contributed by atoms with Crippen molar-refractivity contribution in [2.24, 2.45) is 0 Å². The van der Waals surface area contributed by atoms with Gasteiger partial charge in [-0.3, -0.25) is 0 Å². The highest BCUT2D eigenvalue weighted by Gasteiger charge is 2.21. The topological polar surface area (TPSA) is 38.8 Å². The van der Waals surface area contributed by atoms with E-state index >= 15 is 0 Å². The van der Waals surface area contributed by atoms with Crippen molar-refractivity contribution in [1.29, 1.82) is 0 Å². The molecule has 2 amide bonds. The Bertz CT molecular complexity index is 814. The lowest BCUT2D eigenvalue weighted by molar-refractivity contribution is 0.208. The zero-order chi connectivity index (χ0) is 20.2. The minimum absolute atomic E-state index is 0.00454. The summed E-state index contributed by atoms with van der Waals surface area (Å²) < 4.78 is 0. The zero-order valence-corrected chi connectivity index (χ0v) is 17.7. The Hall–Kier alpha value is -2.69. The van der Waals surface area contributed by atoms with Crippen molar-refractivity contribution in [2.75, 3.05) is 54.4 Å². The first kappa shape index (κ1) is 19.6. The molecular formula is C24H32N4O. The Kier molecular flexibility index (Phi) is 5.93. The summed E-state index contributed by atoms with van der Waals surface area (Å²) in [5.74, 6) is 0. The van der Waals surface area contributed by atoms with E-state index in [1.165, 1.54) is 43.7 Å². The van der Waals surface area contributed by atoms with Gasteiger partial charge in [0, 0.05) is 56.3 Å². The maximum Gasteiger partial charge on any atom is 0.321 e. The van der Waals surface area contributed by atoms with Crippen LogP contribution < -0.4 is 15.1 Å². The number of rotatable bonds is 3. The lowest BCUT2D eigenvalue weighted by Gasteiger charge is -2.36. The van der Waals surface area contributed by atoms with E-state index in [9.17, 15) is 4.79 Å². The maximum absolute atomic E-state index is 12.6. The van der Waals surface area contributed by atoms with Crippen LogP contribution in [-0.4, -0.2) is 50.2 Å². The minimum atomic E-state index is -0.00454. The standard InChI is InChI=1S/C24H32N4O/c1-19-16-20(2)18-21(17-19)25-24(29)28-14-12-27(13-15-28)23-8-6-22(7-9-23)26-10-4-3-5-11-26/h6-9,16-18H,3-5,10-15H2,1-2H3,(H,25,29). The van der Waals surface area contributed by atoms with E-state index in [1.807, 2.05) is 17.0 Å². The van der Waals surface area contributed by atoms with Crippen molar-refractivity contribution in [3.05, 3.63) is 53.6 Å². The van der Waals surface area contributed by atoms with Crippen LogP contribution >= 0.6 is 0 Å². The van der Waals surface area contributed by atoms with Gasteiger partial charge in [-0.05, 0) is 80.6 Å². The van der Waals surface area contributed by atoms with Gasteiger partial charge < -0.3 is 20.0 Å². The Morgan fingerprint density at radius 1 is 0.724 bits per heavy atom. The molecule has 1 N–H and O–H groups in total. The van der Waals surface area contributed by atoms with Gasteiger partial charge in [-0.15, -0.1) is 0 Å². The van der Waals surface area contributed by atoms with Crippen LogP contribution in [0.2, 0.25) is 0 Å². The fourth-order valence-corrected chi connectivity index (χ4v) is 4.44. The molecule has 2 aliphatic heterocycles. The summed E-state index contributed by atoms with van der Waals surface area (Å²) in [5, 5.41) is 3.05. The Morgan fingerprint density at radius 3 is 1.79 bits per heavy atom. The van der Waals surface area contributed by atoms with E-state index in [0.29, 0.717) is 0 Å². The van der Waals surface area contributed by atoms with Crippen molar-refractivity contribution >= 4 is 23.1 Å². The second kappa shape index (κ2) is 8.76. The fourth-order valence-electron chi connectivity index (χ4n) is 4.44. The summed E-state index contributed by atoms with van der Waals surface area (Å²) in [7, 11) is 0. The van der Waals surface area contributed by atoms with Gasteiger partial charge in [0.15, 0.2) is 0 Å². The molecule has 0 saturated carbocycles. The van der Waals surface area contributed by atoms with Gasteiger partial charge in [0.25, 0.3) is 0 Å². The number of anilines is 3. The second-order valence-electron chi connectivity index (χ2n) is 8.34. The molecule has 4 rings (SSSR count). The summed E-state index contributed by atoms with van der Waals surface area (Å²) in [6, 6.07) is 15.1. The Labute approximate surface area is 174 Å². The first-order chi connectivity index (χ1) is 14.1. The number of hydrogen-bond acceptors (Lipinski definition) is 3. The third kappa shape index (κ3) is 4.84. The van der Waals surface area contributed by atoms with Crippen molar-refractivity contribution in [3.63, 3.8) is 0 Å². The first-order valence-corrected chi connectivity index (χ1v) is 10.8. The quantitative estimate of drug-likeness (QED) is 0.826. The average molecular weight is 393 g/mol. The summed E-state index contributed by atoms with van der Waals surface area (Å²) in [4.78, 5) is 19.4. The smallest absolute Gasteiger partial charge is 0.321 e. The number of amides is 2. The van der Waals surface area contributed by atoms with Crippen LogP contribution in [0.3, 0.4) is 0 Å². The summed E-state index contributed by atoms with van der Waals surface area (Å²) in [6.45, 7) is 9.67. The predicted octanol–water partition coefficient (Wildman–Crippen LogP) is 4.65. The number of carbonyl (C=O) groups excluding carboxylic acids is 1. The van der Waals surface area contributed by atoms with Gasteiger partial charge in [-0.25, -0.2) is 4.79 Å². The Balaban J connectivity index is 1.31. The molecule has 2 fully saturated rings. The summed E-state index contributed by atoms with van der Waals surface area (Å²) >= 11 is 0. The highest BCUT2D eigenvalue weighted by Crippen LogP contribution is 2.24. The molecule has 154 valence electrons. The molecule has 5 nitrogen and oxygen atoms in total. The van der Waals surface area contributed by atoms with Crippen molar-refractivity contribution in [2.45, 2.75) is 33.1 Å². The molecular weight excluding hydrogens is 360 g/mol. The van der Waals surface area contributed by atoms with Crippen LogP contribution in [0, 0.1) is 13.8 Å². The number of hydrogen-bond donors (Lipinski definition) is 1. The molecule has 2 aromatic rings. The fraction of sp³-hybridized carbons (Fsp3) is 0.458. The lowest BCUT2D eigenvalue weighted by atomic mass is 10.1. The molecule has 0 unspecified atom stereocenters. The zero-order valence-electron chi connectivity index (χ0n) is 17.7. The second-order valence-corrected chi connectivity index (χ2v) is 8.34. The highest BCUT2D eigenvalue weighted by atomic mass is 16.2. The van der Waals surface area contributed by atoms with Gasteiger partial charge >= 0.3 is 6.03 Å². The van der Waals surface area contributed by atoms with Crippen molar-refractivity contribution < 1.29 is 4.79 Å². The normalized spacial score (nSPS) is 17.4. The average Bonchev–Trinajstić information content (AvgIpc) is 2.74. The lowest BCUT2D eigenvalue weighted by Crippen LogP contribution is -2.50. The van der Waals surface area contributed by atoms with E-state index in [2.05, 4.69) is 59.3 Å². The SMILES string of the molecule is Cc1cc(C)cc(NC(=O)N2CCN(c3ccc(N4CCCCC4)cc3)CC2)c1. The van der Waals surface area contributed by atoms with Crippen LogP contribution in [0.4, 0.5) is 21.9 Å². The van der Waals surface area contributed by atoms with Crippen LogP contribution in [0.15, 0.2) is 42.5 Å². The van der Waals surface area contributed by atoms with E-state index in [0.717, 1.165) is 43.0 Å². The number of nitrogens with one attached hydrogen (secondary N) is 1. The van der Waals surface area contributed by atoms with Gasteiger partial charge in [0.2, 0.25) is 0 Å². The molecule has 2 heterocycles. The molecule has 2 saturated heterocycles. The third-order valence-electron chi connectivity index (χ3n) is 5.98. The molecule has 0 bridgehead atoms. The Morgan fingerprint density at radius 2 is 1.24 bits per heavy atom. The van der Waals surface area contributed by atoms with Gasteiger partial charge in [-0.2, -0.15) is 0 Å². The number of benzene rings is 2. The van der Waals surface area contributed by atoms with Crippen LogP contribution in [0.5, 0.6) is 0 Å². The number of nitrogens with zero attached hydrogens (tertiary/aromatic N) is 3. The molecule has 2 aliphatic rings. The number of aryl methyl sites for hydroxylation is 2. The monoisotopic (exact) mass is 392 g/mol. The molecule has 0 aliphatic carbocycles. The van der Waals surface area contributed by atoms with Crippen molar-refractivity contribution in [3.8, 4) is 0 Å². The van der Waals surface area contributed by atoms with Gasteiger partial charge in [0.05, 0.1) is 0 Å².